The Morgan fingerprint density at radius 3 is 2.62 bits per heavy atom. The van der Waals surface area contributed by atoms with E-state index >= 15 is 0 Å². The summed E-state index contributed by atoms with van der Waals surface area (Å²) in [4.78, 5) is 0. The van der Waals surface area contributed by atoms with Crippen LogP contribution in [0.15, 0.2) is 48.5 Å². The number of benzene rings is 2. The van der Waals surface area contributed by atoms with E-state index in [0.29, 0.717) is 5.92 Å². The maximum absolute atomic E-state index is 5.87. The van der Waals surface area contributed by atoms with E-state index in [0.717, 1.165) is 49.8 Å². The van der Waals surface area contributed by atoms with Crippen molar-refractivity contribution in [2.75, 3.05) is 18.5 Å². The average molecular weight is 327 g/mol. The molecule has 0 atom stereocenters. The second-order valence-corrected chi connectivity index (χ2v) is 6.40. The van der Waals surface area contributed by atoms with E-state index in [1.807, 2.05) is 30.3 Å². The second kappa shape index (κ2) is 9.86. The molecule has 0 aliphatic carbocycles. The molecule has 0 heterocycles. The number of hydrogen-bond donors (Lipinski definition) is 1. The summed E-state index contributed by atoms with van der Waals surface area (Å²) >= 11 is 0. The lowest BCUT2D eigenvalue weighted by Crippen LogP contribution is -2.06. The average Bonchev–Trinajstić information content (AvgIpc) is 2.60. The summed E-state index contributed by atoms with van der Waals surface area (Å²) in [7, 11) is 0. The lowest BCUT2D eigenvalue weighted by Gasteiger charge is -2.14. The lowest BCUT2D eigenvalue weighted by atomic mass is 10.2. The van der Waals surface area contributed by atoms with Gasteiger partial charge >= 0.3 is 0 Å². The Hall–Kier alpha value is -2.16. The van der Waals surface area contributed by atoms with Gasteiger partial charge in [-0.25, -0.2) is 0 Å². The van der Waals surface area contributed by atoms with Crippen LogP contribution in [0.1, 0.15) is 39.2 Å². The number of anilines is 1. The second-order valence-electron chi connectivity index (χ2n) is 6.40. The Balaban J connectivity index is 1.94. The highest BCUT2D eigenvalue weighted by atomic mass is 16.5. The molecule has 3 nitrogen and oxygen atoms in total. The zero-order valence-corrected chi connectivity index (χ0v) is 15.0. The van der Waals surface area contributed by atoms with Crippen LogP contribution >= 0.6 is 0 Å². The van der Waals surface area contributed by atoms with Gasteiger partial charge in [-0.3, -0.25) is 0 Å². The molecule has 2 aromatic rings. The molecule has 24 heavy (non-hydrogen) atoms. The highest BCUT2D eigenvalue weighted by molar-refractivity contribution is 5.56. The number of para-hydroxylation sites is 2. The van der Waals surface area contributed by atoms with Crippen LogP contribution < -0.4 is 14.8 Å². The lowest BCUT2D eigenvalue weighted by molar-refractivity contribution is 0.271. The molecule has 0 aliphatic rings. The molecule has 0 amide bonds. The Morgan fingerprint density at radius 2 is 1.83 bits per heavy atom. The first kappa shape index (κ1) is 18.2. The van der Waals surface area contributed by atoms with Gasteiger partial charge in [-0.05, 0) is 42.2 Å². The maximum atomic E-state index is 5.87. The monoisotopic (exact) mass is 327 g/mol. The summed E-state index contributed by atoms with van der Waals surface area (Å²) < 4.78 is 11.7. The van der Waals surface area contributed by atoms with Crippen LogP contribution in [-0.2, 0) is 6.54 Å². The van der Waals surface area contributed by atoms with Gasteiger partial charge < -0.3 is 14.8 Å². The van der Waals surface area contributed by atoms with Crippen LogP contribution in [0.5, 0.6) is 11.5 Å². The molecule has 0 saturated heterocycles. The van der Waals surface area contributed by atoms with Crippen molar-refractivity contribution in [2.45, 2.75) is 40.2 Å². The Bertz CT molecular complexity index is 610. The van der Waals surface area contributed by atoms with Crippen molar-refractivity contribution in [1.82, 2.24) is 0 Å². The van der Waals surface area contributed by atoms with Crippen LogP contribution in [-0.4, -0.2) is 13.2 Å². The summed E-state index contributed by atoms with van der Waals surface area (Å²) in [5, 5.41) is 3.47. The molecule has 0 unspecified atom stereocenters. The molecule has 0 saturated carbocycles. The molecular formula is C21H29NO2. The smallest absolute Gasteiger partial charge is 0.142 e. The molecule has 2 aromatic carbocycles. The number of rotatable bonds is 10. The van der Waals surface area contributed by atoms with Crippen molar-refractivity contribution in [1.29, 1.82) is 0 Å². The summed E-state index contributed by atoms with van der Waals surface area (Å²) in [6, 6.07) is 16.3. The highest BCUT2D eigenvalue weighted by Crippen LogP contribution is 2.25. The highest BCUT2D eigenvalue weighted by Gasteiger charge is 2.04. The molecule has 0 aliphatic heterocycles. The van der Waals surface area contributed by atoms with Crippen LogP contribution in [0.25, 0.3) is 0 Å². The summed E-state index contributed by atoms with van der Waals surface area (Å²) in [5.41, 5.74) is 2.22. The van der Waals surface area contributed by atoms with Gasteiger partial charge in [0.15, 0.2) is 0 Å². The van der Waals surface area contributed by atoms with E-state index < -0.39 is 0 Å². The minimum atomic E-state index is 0.527. The summed E-state index contributed by atoms with van der Waals surface area (Å²) in [6.07, 6.45) is 2.21. The SMILES string of the molecule is CCCCOc1ccccc1NCc1cccc(OCC(C)C)c1. The fourth-order valence-corrected chi connectivity index (χ4v) is 2.27. The number of hydrogen-bond acceptors (Lipinski definition) is 3. The molecule has 3 heteroatoms. The van der Waals surface area contributed by atoms with Gasteiger partial charge in [0.05, 0.1) is 18.9 Å². The maximum Gasteiger partial charge on any atom is 0.142 e. The molecule has 0 fully saturated rings. The Kier molecular flexibility index (Phi) is 7.47. The van der Waals surface area contributed by atoms with Crippen LogP contribution in [0, 0.1) is 5.92 Å². The van der Waals surface area contributed by atoms with Gasteiger partial charge in [0.2, 0.25) is 0 Å². The van der Waals surface area contributed by atoms with Crippen LogP contribution in [0.4, 0.5) is 5.69 Å². The van der Waals surface area contributed by atoms with E-state index in [4.69, 9.17) is 9.47 Å². The fraction of sp³-hybridized carbons (Fsp3) is 0.429. The number of ether oxygens (including phenoxy) is 2. The zero-order chi connectivity index (χ0) is 17.2. The summed E-state index contributed by atoms with van der Waals surface area (Å²) in [6.45, 7) is 8.72. The minimum absolute atomic E-state index is 0.527. The van der Waals surface area contributed by atoms with E-state index in [1.165, 1.54) is 5.56 Å². The molecule has 0 spiro atoms. The fourth-order valence-electron chi connectivity index (χ4n) is 2.27. The zero-order valence-electron chi connectivity index (χ0n) is 15.0. The Labute approximate surface area is 146 Å². The van der Waals surface area contributed by atoms with Gasteiger partial charge in [0, 0.05) is 6.54 Å². The predicted molar refractivity (Wildman–Crippen MR) is 101 cm³/mol. The first-order chi connectivity index (χ1) is 11.7. The van der Waals surface area contributed by atoms with E-state index in [2.05, 4.69) is 44.3 Å². The topological polar surface area (TPSA) is 30.5 Å². The Morgan fingerprint density at radius 1 is 1.00 bits per heavy atom. The van der Waals surface area contributed by atoms with Crippen molar-refractivity contribution >= 4 is 5.69 Å². The third kappa shape index (κ3) is 6.15. The van der Waals surface area contributed by atoms with Gasteiger partial charge in [0.25, 0.3) is 0 Å². The van der Waals surface area contributed by atoms with E-state index in [-0.39, 0.29) is 0 Å². The van der Waals surface area contributed by atoms with Crippen molar-refractivity contribution in [3.8, 4) is 11.5 Å². The largest absolute Gasteiger partial charge is 0.493 e. The summed E-state index contributed by atoms with van der Waals surface area (Å²) in [5.74, 6) is 2.37. The first-order valence-corrected chi connectivity index (χ1v) is 8.86. The normalized spacial score (nSPS) is 10.7. The van der Waals surface area contributed by atoms with Crippen LogP contribution in [0.2, 0.25) is 0 Å². The predicted octanol–water partition coefficient (Wildman–Crippen LogP) is 5.51. The number of unbranched alkanes of at least 4 members (excludes halogenated alkanes) is 1. The van der Waals surface area contributed by atoms with Crippen LogP contribution in [0.3, 0.4) is 0 Å². The molecule has 0 bridgehead atoms. The third-order valence-electron chi connectivity index (χ3n) is 3.61. The molecule has 0 radical (unpaired) electrons. The van der Waals surface area contributed by atoms with E-state index in [1.54, 1.807) is 0 Å². The molecular weight excluding hydrogens is 298 g/mol. The number of nitrogens with one attached hydrogen (secondary N) is 1. The first-order valence-electron chi connectivity index (χ1n) is 8.86. The molecule has 2 rings (SSSR count). The molecule has 130 valence electrons. The molecule has 1 N–H and O–H groups in total. The van der Waals surface area contributed by atoms with E-state index in [9.17, 15) is 0 Å². The quantitative estimate of drug-likeness (QED) is 0.583. The van der Waals surface area contributed by atoms with Crippen molar-refractivity contribution in [2.24, 2.45) is 5.92 Å². The standard InChI is InChI=1S/C21H29NO2/c1-4-5-13-23-21-12-7-6-11-20(21)22-15-18-9-8-10-19(14-18)24-16-17(2)3/h6-12,14,17,22H,4-5,13,15-16H2,1-3H3. The minimum Gasteiger partial charge on any atom is -0.493 e. The van der Waals surface area contributed by atoms with Gasteiger partial charge in [-0.15, -0.1) is 0 Å². The van der Waals surface area contributed by atoms with Crippen molar-refractivity contribution in [3.05, 3.63) is 54.1 Å². The molecule has 0 aromatic heterocycles. The van der Waals surface area contributed by atoms with Gasteiger partial charge in [-0.1, -0.05) is 51.5 Å². The van der Waals surface area contributed by atoms with Gasteiger partial charge in [-0.2, -0.15) is 0 Å². The third-order valence-corrected chi connectivity index (χ3v) is 3.61. The van der Waals surface area contributed by atoms with Crippen molar-refractivity contribution in [3.63, 3.8) is 0 Å². The van der Waals surface area contributed by atoms with Gasteiger partial charge in [0.1, 0.15) is 11.5 Å². The van der Waals surface area contributed by atoms with Crippen molar-refractivity contribution < 1.29 is 9.47 Å².